The summed E-state index contributed by atoms with van der Waals surface area (Å²) < 4.78 is 1.85. The molecule has 1 aromatic carbocycles. The molecule has 1 unspecified atom stereocenters. The highest BCUT2D eigenvalue weighted by Gasteiger charge is 2.12. The van der Waals surface area contributed by atoms with Gasteiger partial charge in [0.05, 0.1) is 11.0 Å². The first-order chi connectivity index (χ1) is 11.1. The highest BCUT2D eigenvalue weighted by molar-refractivity contribution is 5.81. The molecule has 116 valence electrons. The number of aliphatic hydroxyl groups is 1. The van der Waals surface area contributed by atoms with Crippen LogP contribution >= 0.6 is 0 Å². The lowest BCUT2D eigenvalue weighted by Gasteiger charge is -2.04. The highest BCUT2D eigenvalue weighted by atomic mass is 16.3. The molecular formula is C14H14N8O. The number of hydrogen-bond donors (Lipinski definition) is 3. The van der Waals surface area contributed by atoms with E-state index in [1.54, 1.807) is 6.92 Å². The summed E-state index contributed by atoms with van der Waals surface area (Å²) in [5.74, 6) is 0.813. The van der Waals surface area contributed by atoms with Gasteiger partial charge in [-0.1, -0.05) is 0 Å². The summed E-state index contributed by atoms with van der Waals surface area (Å²) in [5.41, 5.74) is 2.67. The molecule has 0 bridgehead atoms. The molecule has 0 radical (unpaired) electrons. The zero-order valence-electron chi connectivity index (χ0n) is 12.5. The summed E-state index contributed by atoms with van der Waals surface area (Å²) in [6.07, 6.45) is 0.858. The van der Waals surface area contributed by atoms with Crippen molar-refractivity contribution in [3.63, 3.8) is 0 Å². The van der Waals surface area contributed by atoms with Crippen LogP contribution in [-0.2, 0) is 7.05 Å². The summed E-state index contributed by atoms with van der Waals surface area (Å²) in [6, 6.07) is 7.59. The normalized spacial score (nSPS) is 13.0. The first-order valence-corrected chi connectivity index (χ1v) is 6.85. The lowest BCUT2D eigenvalue weighted by molar-refractivity contribution is 0.186. The molecule has 0 saturated carbocycles. The third-order valence-corrected chi connectivity index (χ3v) is 3.38. The Labute approximate surface area is 131 Å². The number of fused-ring (bicyclic) bond motifs is 1. The van der Waals surface area contributed by atoms with E-state index >= 15 is 0 Å². The fourth-order valence-electron chi connectivity index (χ4n) is 2.26. The average Bonchev–Trinajstić information content (AvgIpc) is 3.16. The lowest BCUT2D eigenvalue weighted by atomic mass is 10.2. The number of H-pyrrole nitrogens is 1. The van der Waals surface area contributed by atoms with Crippen LogP contribution in [0.3, 0.4) is 0 Å². The summed E-state index contributed by atoms with van der Waals surface area (Å²) >= 11 is 0. The molecule has 3 aromatic rings. The molecular weight excluding hydrogens is 296 g/mol. The third kappa shape index (κ3) is 2.75. The molecule has 0 aliphatic carbocycles. The molecule has 0 aliphatic heterocycles. The minimum absolute atomic E-state index is 0.218. The van der Waals surface area contributed by atoms with Crippen LogP contribution in [0.2, 0.25) is 0 Å². The second-order valence-electron chi connectivity index (χ2n) is 4.96. The Morgan fingerprint density at radius 2 is 2.35 bits per heavy atom. The van der Waals surface area contributed by atoms with Crippen molar-refractivity contribution >= 4 is 22.3 Å². The molecule has 3 N–H and O–H groups in total. The number of aryl methyl sites for hydroxylation is 1. The molecule has 2 heterocycles. The Morgan fingerprint density at radius 3 is 3.00 bits per heavy atom. The number of aromatic nitrogens is 6. The van der Waals surface area contributed by atoms with Crippen molar-refractivity contribution in [2.24, 2.45) is 7.05 Å². The molecule has 23 heavy (non-hydrogen) atoms. The lowest BCUT2D eigenvalue weighted by Crippen LogP contribution is -2.01. The Bertz CT molecular complexity index is 901. The van der Waals surface area contributed by atoms with E-state index in [2.05, 4.69) is 30.9 Å². The topological polar surface area (TPSA) is 128 Å². The van der Waals surface area contributed by atoms with Gasteiger partial charge in [-0.3, -0.25) is 0 Å². The summed E-state index contributed by atoms with van der Waals surface area (Å²) in [6.45, 7) is 1.67. The van der Waals surface area contributed by atoms with E-state index in [0.29, 0.717) is 5.82 Å². The number of tetrazole rings is 1. The fourth-order valence-corrected chi connectivity index (χ4v) is 2.26. The van der Waals surface area contributed by atoms with Crippen LogP contribution in [-0.4, -0.2) is 35.3 Å². The number of benzene rings is 1. The Kier molecular flexibility index (Phi) is 3.74. The number of hydrogen-bond acceptors (Lipinski definition) is 7. The third-order valence-electron chi connectivity index (χ3n) is 3.38. The molecule has 0 aliphatic rings. The van der Waals surface area contributed by atoms with Gasteiger partial charge in [-0.2, -0.15) is 10.5 Å². The van der Waals surface area contributed by atoms with Crippen molar-refractivity contribution in [1.82, 2.24) is 30.2 Å². The number of allylic oxidation sites excluding steroid dienone is 1. The zero-order chi connectivity index (χ0) is 16.4. The number of rotatable bonds is 4. The standard InChI is InChI=1S/C14H14N8O/c1-8(23)14-17-11-5-10(3-4-12(11)22(14)2)16-7-9(6-15)13-18-20-21-19-13/h3-5,7-8,16,23H,1-2H3,(H,18,19,20,21). The monoisotopic (exact) mass is 310 g/mol. The number of nitrogens with zero attached hydrogens (tertiary/aromatic N) is 6. The van der Waals surface area contributed by atoms with Gasteiger partial charge in [-0.05, 0) is 30.3 Å². The van der Waals surface area contributed by atoms with Crippen LogP contribution in [0.1, 0.15) is 24.7 Å². The van der Waals surface area contributed by atoms with Crippen molar-refractivity contribution in [3.05, 3.63) is 36.0 Å². The molecule has 9 heteroatoms. The average molecular weight is 310 g/mol. The summed E-state index contributed by atoms with van der Waals surface area (Å²) in [5, 5.41) is 35.1. The highest BCUT2D eigenvalue weighted by Crippen LogP contribution is 2.23. The van der Waals surface area contributed by atoms with Gasteiger partial charge in [-0.25, -0.2) is 4.98 Å². The number of aliphatic hydroxyl groups excluding tert-OH is 1. The first-order valence-electron chi connectivity index (χ1n) is 6.85. The van der Waals surface area contributed by atoms with Gasteiger partial charge in [0.15, 0.2) is 0 Å². The SMILES string of the molecule is CC(O)c1nc2cc(NC=C(C#N)c3nn[nH]n3)ccc2n1C. The van der Waals surface area contributed by atoms with Crippen molar-refractivity contribution in [1.29, 1.82) is 5.26 Å². The quantitative estimate of drug-likeness (QED) is 0.616. The number of imidazole rings is 1. The van der Waals surface area contributed by atoms with Crippen molar-refractivity contribution < 1.29 is 5.11 Å². The summed E-state index contributed by atoms with van der Waals surface area (Å²) in [4.78, 5) is 4.42. The Morgan fingerprint density at radius 1 is 1.52 bits per heavy atom. The van der Waals surface area contributed by atoms with Gasteiger partial charge in [0.25, 0.3) is 0 Å². The Hall–Kier alpha value is -3.25. The van der Waals surface area contributed by atoms with E-state index in [0.717, 1.165) is 16.7 Å². The van der Waals surface area contributed by atoms with Crippen molar-refractivity contribution in [2.75, 3.05) is 5.32 Å². The first kappa shape index (κ1) is 14.7. The van der Waals surface area contributed by atoms with Gasteiger partial charge in [0, 0.05) is 18.9 Å². The van der Waals surface area contributed by atoms with Gasteiger partial charge in [-0.15, -0.1) is 10.2 Å². The smallest absolute Gasteiger partial charge is 0.216 e. The van der Waals surface area contributed by atoms with E-state index in [1.807, 2.05) is 35.9 Å². The van der Waals surface area contributed by atoms with E-state index in [9.17, 15) is 5.11 Å². The molecule has 0 amide bonds. The van der Waals surface area contributed by atoms with Gasteiger partial charge < -0.3 is 15.0 Å². The van der Waals surface area contributed by atoms with Crippen LogP contribution in [0.25, 0.3) is 16.6 Å². The van der Waals surface area contributed by atoms with Crippen LogP contribution < -0.4 is 5.32 Å². The van der Waals surface area contributed by atoms with Gasteiger partial charge in [0.2, 0.25) is 5.82 Å². The van der Waals surface area contributed by atoms with Crippen LogP contribution in [0, 0.1) is 11.3 Å². The van der Waals surface area contributed by atoms with E-state index in [1.165, 1.54) is 6.20 Å². The molecule has 2 aromatic heterocycles. The number of aromatic amines is 1. The largest absolute Gasteiger partial charge is 0.385 e. The number of nitriles is 1. The second kappa shape index (κ2) is 5.86. The predicted molar refractivity (Wildman–Crippen MR) is 82.7 cm³/mol. The Balaban J connectivity index is 1.91. The van der Waals surface area contributed by atoms with Gasteiger partial charge >= 0.3 is 0 Å². The van der Waals surface area contributed by atoms with E-state index in [-0.39, 0.29) is 11.4 Å². The molecule has 0 spiro atoms. The minimum atomic E-state index is -0.646. The molecule has 3 rings (SSSR count). The van der Waals surface area contributed by atoms with E-state index < -0.39 is 6.10 Å². The van der Waals surface area contributed by atoms with E-state index in [4.69, 9.17) is 5.26 Å². The number of anilines is 1. The second-order valence-corrected chi connectivity index (χ2v) is 4.96. The van der Waals surface area contributed by atoms with Crippen molar-refractivity contribution in [2.45, 2.75) is 13.0 Å². The zero-order valence-corrected chi connectivity index (χ0v) is 12.5. The molecule has 0 saturated heterocycles. The maximum absolute atomic E-state index is 9.72. The van der Waals surface area contributed by atoms with Crippen molar-refractivity contribution in [3.8, 4) is 6.07 Å². The maximum atomic E-state index is 9.72. The summed E-state index contributed by atoms with van der Waals surface area (Å²) in [7, 11) is 1.86. The predicted octanol–water partition coefficient (Wildman–Crippen LogP) is 1.12. The fraction of sp³-hybridized carbons (Fsp3) is 0.214. The molecule has 1 atom stereocenters. The van der Waals surface area contributed by atoms with Crippen LogP contribution in [0.15, 0.2) is 24.4 Å². The molecule has 9 nitrogen and oxygen atoms in total. The number of nitrogens with one attached hydrogen (secondary N) is 2. The minimum Gasteiger partial charge on any atom is -0.385 e. The van der Waals surface area contributed by atoms with Crippen LogP contribution in [0.5, 0.6) is 0 Å². The maximum Gasteiger partial charge on any atom is 0.216 e. The van der Waals surface area contributed by atoms with Gasteiger partial charge in [0.1, 0.15) is 23.6 Å². The molecule has 0 fully saturated rings. The van der Waals surface area contributed by atoms with Crippen LogP contribution in [0.4, 0.5) is 5.69 Å².